The third-order valence-corrected chi connectivity index (χ3v) is 5.34. The molecule has 9 heteroatoms. The van der Waals surface area contributed by atoms with Crippen LogP contribution in [-0.2, 0) is 21.4 Å². The number of nitrogens with one attached hydrogen (secondary N) is 1. The second kappa shape index (κ2) is 11.5. The molecule has 0 unspecified atom stereocenters. The Morgan fingerprint density at radius 3 is 2.26 bits per heavy atom. The number of ether oxygens (including phenoxy) is 3. The second-order valence-corrected chi connectivity index (χ2v) is 8.53. The average Bonchev–Trinajstić information content (AvgIpc) is 2.72. The molecule has 0 bridgehead atoms. The zero-order valence-corrected chi connectivity index (χ0v) is 19.2. The zero-order chi connectivity index (χ0) is 22.9. The van der Waals surface area contributed by atoms with Crippen LogP contribution in [-0.4, -0.2) is 46.9 Å². The van der Waals surface area contributed by atoms with Gasteiger partial charge in [0, 0.05) is 12.6 Å². The highest BCUT2D eigenvalue weighted by atomic mass is 32.2. The molecule has 0 aliphatic heterocycles. The minimum absolute atomic E-state index is 0.224. The fraction of sp³-hybridized carbons (Fsp3) is 0.409. The van der Waals surface area contributed by atoms with Crippen molar-refractivity contribution in [1.29, 1.82) is 0 Å². The van der Waals surface area contributed by atoms with Gasteiger partial charge in [0.15, 0.2) is 11.5 Å². The first-order valence-electron chi connectivity index (χ1n) is 10.1. The number of hydrogen-bond donors (Lipinski definition) is 1. The Balaban J connectivity index is 2.10. The molecule has 1 N–H and O–H groups in total. The van der Waals surface area contributed by atoms with Crippen LogP contribution < -0.4 is 23.8 Å². The van der Waals surface area contributed by atoms with Gasteiger partial charge in [-0.25, -0.2) is 8.42 Å². The molecule has 0 aliphatic carbocycles. The van der Waals surface area contributed by atoms with Crippen molar-refractivity contribution in [2.75, 3.05) is 36.9 Å². The third kappa shape index (κ3) is 7.36. The number of carbonyl (C=O) groups excluding carboxylic acids is 1. The van der Waals surface area contributed by atoms with Gasteiger partial charge < -0.3 is 19.5 Å². The lowest BCUT2D eigenvalue weighted by atomic mass is 10.2. The van der Waals surface area contributed by atoms with Crippen molar-refractivity contribution in [3.63, 3.8) is 0 Å². The summed E-state index contributed by atoms with van der Waals surface area (Å²) in [5.74, 6) is 1.34. The summed E-state index contributed by atoms with van der Waals surface area (Å²) in [5.41, 5.74) is 1.17. The summed E-state index contributed by atoms with van der Waals surface area (Å²) < 4.78 is 42.2. The van der Waals surface area contributed by atoms with Gasteiger partial charge in [-0.05, 0) is 50.6 Å². The van der Waals surface area contributed by atoms with Gasteiger partial charge >= 0.3 is 0 Å². The molecule has 2 aromatic rings. The van der Waals surface area contributed by atoms with E-state index in [-0.39, 0.29) is 13.1 Å². The standard InChI is InChI=1S/C22H30N2O6S/c1-5-28-19-10-8-9-18(14-19)24(31(4,26)27)16-22(25)23-15-17-11-12-20(29-6-2)21(13-17)30-7-3/h8-14H,5-7,15-16H2,1-4H3,(H,23,25). The normalized spacial score (nSPS) is 11.0. The smallest absolute Gasteiger partial charge is 0.241 e. The lowest BCUT2D eigenvalue weighted by molar-refractivity contribution is -0.119. The third-order valence-electron chi connectivity index (χ3n) is 4.20. The van der Waals surface area contributed by atoms with Crippen LogP contribution in [0.1, 0.15) is 26.3 Å². The molecule has 170 valence electrons. The summed E-state index contributed by atoms with van der Waals surface area (Å²) in [6.45, 7) is 6.95. The fourth-order valence-electron chi connectivity index (χ4n) is 2.89. The van der Waals surface area contributed by atoms with Gasteiger partial charge in [-0.2, -0.15) is 0 Å². The predicted octanol–water partition coefficient (Wildman–Crippen LogP) is 2.97. The van der Waals surface area contributed by atoms with Crippen LogP contribution in [0.15, 0.2) is 42.5 Å². The van der Waals surface area contributed by atoms with E-state index in [0.717, 1.165) is 16.1 Å². The number of carbonyl (C=O) groups is 1. The highest BCUT2D eigenvalue weighted by Crippen LogP contribution is 2.28. The van der Waals surface area contributed by atoms with E-state index < -0.39 is 15.9 Å². The van der Waals surface area contributed by atoms with Gasteiger partial charge in [-0.15, -0.1) is 0 Å². The van der Waals surface area contributed by atoms with E-state index in [1.807, 2.05) is 26.8 Å². The Hall–Kier alpha value is -2.94. The maximum absolute atomic E-state index is 12.5. The summed E-state index contributed by atoms with van der Waals surface area (Å²) in [4.78, 5) is 12.5. The number of nitrogens with zero attached hydrogens (tertiary/aromatic N) is 1. The minimum Gasteiger partial charge on any atom is -0.494 e. The Morgan fingerprint density at radius 2 is 1.61 bits per heavy atom. The van der Waals surface area contributed by atoms with Crippen molar-refractivity contribution >= 4 is 21.6 Å². The zero-order valence-electron chi connectivity index (χ0n) is 18.4. The highest BCUT2D eigenvalue weighted by Gasteiger charge is 2.21. The van der Waals surface area contributed by atoms with E-state index in [1.165, 1.54) is 0 Å². The Morgan fingerprint density at radius 1 is 0.935 bits per heavy atom. The Labute approximate surface area is 184 Å². The predicted molar refractivity (Wildman–Crippen MR) is 120 cm³/mol. The first-order valence-corrected chi connectivity index (χ1v) is 12.0. The molecule has 0 spiro atoms. The maximum atomic E-state index is 12.5. The van der Waals surface area contributed by atoms with E-state index in [2.05, 4.69) is 5.32 Å². The number of hydrogen-bond acceptors (Lipinski definition) is 6. The van der Waals surface area contributed by atoms with E-state index in [1.54, 1.807) is 36.4 Å². The maximum Gasteiger partial charge on any atom is 0.241 e. The van der Waals surface area contributed by atoms with Crippen LogP contribution in [0.2, 0.25) is 0 Å². The molecule has 0 saturated heterocycles. The van der Waals surface area contributed by atoms with Crippen molar-refractivity contribution in [3.8, 4) is 17.2 Å². The molecule has 1 amide bonds. The average molecular weight is 451 g/mol. The van der Waals surface area contributed by atoms with Crippen LogP contribution in [0.5, 0.6) is 17.2 Å². The van der Waals surface area contributed by atoms with E-state index in [0.29, 0.717) is 42.8 Å². The molecule has 2 aromatic carbocycles. The van der Waals surface area contributed by atoms with Crippen LogP contribution in [0.4, 0.5) is 5.69 Å². The number of rotatable bonds is 12. The molecule has 2 rings (SSSR count). The first kappa shape index (κ1) is 24.3. The van der Waals surface area contributed by atoms with Gasteiger partial charge in [0.2, 0.25) is 15.9 Å². The molecule has 0 fully saturated rings. The molecular formula is C22H30N2O6S. The van der Waals surface area contributed by atoms with E-state index in [9.17, 15) is 13.2 Å². The summed E-state index contributed by atoms with van der Waals surface area (Å²) in [6, 6.07) is 12.1. The molecule has 8 nitrogen and oxygen atoms in total. The van der Waals surface area contributed by atoms with E-state index >= 15 is 0 Å². The SMILES string of the molecule is CCOc1cccc(N(CC(=O)NCc2ccc(OCC)c(OCC)c2)S(C)(=O)=O)c1. The molecular weight excluding hydrogens is 420 g/mol. The minimum atomic E-state index is -3.67. The monoisotopic (exact) mass is 450 g/mol. The van der Waals surface area contributed by atoms with Crippen LogP contribution in [0.25, 0.3) is 0 Å². The summed E-state index contributed by atoms with van der Waals surface area (Å²) in [5, 5.41) is 2.76. The van der Waals surface area contributed by atoms with E-state index in [4.69, 9.17) is 14.2 Å². The first-order chi connectivity index (χ1) is 14.8. The van der Waals surface area contributed by atoms with Crippen molar-refractivity contribution < 1.29 is 27.4 Å². The molecule has 0 aliphatic rings. The Bertz CT molecular complexity index is 978. The van der Waals surface area contributed by atoms with Crippen LogP contribution >= 0.6 is 0 Å². The molecule has 0 saturated carbocycles. The fourth-order valence-corrected chi connectivity index (χ4v) is 3.74. The molecule has 0 atom stereocenters. The molecule has 0 radical (unpaired) electrons. The largest absolute Gasteiger partial charge is 0.494 e. The van der Waals surface area contributed by atoms with Gasteiger partial charge in [0.1, 0.15) is 12.3 Å². The molecule has 0 heterocycles. The number of sulfonamides is 1. The van der Waals surface area contributed by atoms with Crippen molar-refractivity contribution in [1.82, 2.24) is 5.32 Å². The van der Waals surface area contributed by atoms with Crippen LogP contribution in [0, 0.1) is 0 Å². The molecule has 0 aromatic heterocycles. The number of benzene rings is 2. The van der Waals surface area contributed by atoms with Gasteiger partial charge in [-0.1, -0.05) is 12.1 Å². The highest BCUT2D eigenvalue weighted by molar-refractivity contribution is 7.92. The van der Waals surface area contributed by atoms with Gasteiger partial charge in [0.05, 0.1) is 31.8 Å². The van der Waals surface area contributed by atoms with Crippen LogP contribution in [0.3, 0.4) is 0 Å². The number of amides is 1. The van der Waals surface area contributed by atoms with Crippen molar-refractivity contribution in [2.45, 2.75) is 27.3 Å². The van der Waals surface area contributed by atoms with Crippen molar-refractivity contribution in [2.24, 2.45) is 0 Å². The van der Waals surface area contributed by atoms with Gasteiger partial charge in [-0.3, -0.25) is 9.10 Å². The lowest BCUT2D eigenvalue weighted by Gasteiger charge is -2.22. The summed E-state index contributed by atoms with van der Waals surface area (Å²) in [7, 11) is -3.67. The van der Waals surface area contributed by atoms with Gasteiger partial charge in [0.25, 0.3) is 0 Å². The number of anilines is 1. The summed E-state index contributed by atoms with van der Waals surface area (Å²) in [6.07, 6.45) is 1.06. The van der Waals surface area contributed by atoms with Crippen molar-refractivity contribution in [3.05, 3.63) is 48.0 Å². The topological polar surface area (TPSA) is 94.2 Å². The Kier molecular flexibility index (Phi) is 8.99. The summed E-state index contributed by atoms with van der Waals surface area (Å²) >= 11 is 0. The lowest BCUT2D eigenvalue weighted by Crippen LogP contribution is -2.40. The molecule has 31 heavy (non-hydrogen) atoms. The quantitative estimate of drug-likeness (QED) is 0.534. The second-order valence-electron chi connectivity index (χ2n) is 6.62.